The van der Waals surface area contributed by atoms with Crippen molar-refractivity contribution in [3.05, 3.63) is 35.9 Å². The number of unbranched alkanes of at least 4 members (excludes halogenated alkanes) is 1. The zero-order chi connectivity index (χ0) is 21.1. The van der Waals surface area contributed by atoms with Crippen molar-refractivity contribution >= 4 is 13.1 Å². The number of ether oxygens (including phenoxy) is 1. The molecule has 0 amide bonds. The second kappa shape index (κ2) is 8.81. The van der Waals surface area contributed by atoms with E-state index in [1.54, 1.807) is 0 Å². The molecule has 2 atom stereocenters. The molecule has 1 aromatic rings. The first-order chi connectivity index (χ1) is 13.6. The summed E-state index contributed by atoms with van der Waals surface area (Å²) in [6, 6.07) is 9.94. The smallest absolute Gasteiger partial charge is 0.457 e. The molecule has 1 aromatic carbocycles. The number of hydrogen-bond acceptors (Lipinski definition) is 4. The lowest BCUT2D eigenvalue weighted by atomic mass is 9.77. The number of rotatable bonds is 8. The lowest BCUT2D eigenvalue weighted by Gasteiger charge is -2.32. The molecule has 1 saturated carbocycles. The average molecular weight is 400 g/mol. The topological polar surface area (TPSA) is 44.8 Å². The average Bonchev–Trinajstić information content (AvgIpc) is 3.14. The Bertz CT molecular complexity index is 671. The highest BCUT2D eigenvalue weighted by Crippen LogP contribution is 2.47. The normalized spacial score (nSPS) is 27.9. The summed E-state index contributed by atoms with van der Waals surface area (Å²) in [5.41, 5.74) is 0.175. The molecule has 2 fully saturated rings. The van der Waals surface area contributed by atoms with Gasteiger partial charge in [-0.2, -0.15) is 0 Å². The Morgan fingerprint density at radius 2 is 1.76 bits per heavy atom. The van der Waals surface area contributed by atoms with Crippen LogP contribution in [0.3, 0.4) is 0 Å². The molecule has 1 heterocycles. The van der Waals surface area contributed by atoms with Gasteiger partial charge in [0, 0.05) is 0 Å². The lowest BCUT2D eigenvalue weighted by molar-refractivity contribution is -0.157. The second-order valence-corrected chi connectivity index (χ2v) is 10.1. The fourth-order valence-corrected chi connectivity index (χ4v) is 4.64. The van der Waals surface area contributed by atoms with E-state index in [0.717, 1.165) is 50.4 Å². The van der Waals surface area contributed by atoms with Crippen LogP contribution in [0.5, 0.6) is 0 Å². The van der Waals surface area contributed by atoms with Crippen LogP contribution in [-0.2, 0) is 25.4 Å². The molecule has 2 aliphatic rings. The molecule has 1 unspecified atom stereocenters. The van der Waals surface area contributed by atoms with Crippen LogP contribution < -0.4 is 0 Å². The molecule has 1 aliphatic carbocycles. The molecule has 0 N–H and O–H groups in total. The van der Waals surface area contributed by atoms with E-state index >= 15 is 0 Å². The van der Waals surface area contributed by atoms with Crippen molar-refractivity contribution in [2.45, 2.75) is 97.3 Å². The van der Waals surface area contributed by atoms with Gasteiger partial charge < -0.3 is 14.0 Å². The number of hydrogen-bond donors (Lipinski definition) is 0. The van der Waals surface area contributed by atoms with Crippen LogP contribution in [-0.4, -0.2) is 24.3 Å². The van der Waals surface area contributed by atoms with Crippen molar-refractivity contribution in [1.82, 2.24) is 0 Å². The maximum Gasteiger partial charge on any atom is 0.457 e. The fraction of sp³-hybridized carbons (Fsp3) is 0.708. The summed E-state index contributed by atoms with van der Waals surface area (Å²) in [6.07, 6.45) is 6.76. The minimum Gasteiger partial charge on any atom is -0.460 e. The fourth-order valence-electron chi connectivity index (χ4n) is 4.64. The standard InChI is InChI=1S/C24H37BO4/c1-19-13-15-24(17-19,21(26)27-18-20-11-7-6-8-12-20)14-9-10-16-25-28-22(2,3)23(4,5)29-25/h6-8,11-12,19H,9-10,13-18H2,1-5H3/t19-,24?/m0/s1. The summed E-state index contributed by atoms with van der Waals surface area (Å²) in [5.74, 6) is 0.573. The van der Waals surface area contributed by atoms with Gasteiger partial charge >= 0.3 is 13.1 Å². The Morgan fingerprint density at radius 3 is 2.34 bits per heavy atom. The summed E-state index contributed by atoms with van der Waals surface area (Å²) in [7, 11) is -0.150. The van der Waals surface area contributed by atoms with Crippen molar-refractivity contribution in [2.75, 3.05) is 0 Å². The maximum atomic E-state index is 13.0. The number of benzene rings is 1. The van der Waals surface area contributed by atoms with Crippen LogP contribution in [0.4, 0.5) is 0 Å². The molecule has 29 heavy (non-hydrogen) atoms. The summed E-state index contributed by atoms with van der Waals surface area (Å²) >= 11 is 0. The maximum absolute atomic E-state index is 13.0. The predicted molar refractivity (Wildman–Crippen MR) is 116 cm³/mol. The van der Waals surface area contributed by atoms with Crippen LogP contribution in [0.15, 0.2) is 30.3 Å². The molecule has 160 valence electrons. The van der Waals surface area contributed by atoms with Crippen LogP contribution in [0.1, 0.15) is 78.7 Å². The molecule has 0 spiro atoms. The first-order valence-corrected chi connectivity index (χ1v) is 11.2. The third-order valence-electron chi connectivity index (χ3n) is 7.15. The van der Waals surface area contributed by atoms with Gasteiger partial charge in [0.25, 0.3) is 0 Å². The van der Waals surface area contributed by atoms with Crippen LogP contribution in [0.2, 0.25) is 6.32 Å². The van der Waals surface area contributed by atoms with Gasteiger partial charge in [-0.05, 0) is 71.2 Å². The highest BCUT2D eigenvalue weighted by atomic mass is 16.7. The van der Waals surface area contributed by atoms with Gasteiger partial charge in [0.15, 0.2) is 0 Å². The van der Waals surface area contributed by atoms with Crippen molar-refractivity contribution in [3.63, 3.8) is 0 Å². The summed E-state index contributed by atoms with van der Waals surface area (Å²) in [6.45, 7) is 11.0. The van der Waals surface area contributed by atoms with E-state index in [1.807, 2.05) is 30.3 Å². The number of esters is 1. The van der Waals surface area contributed by atoms with E-state index in [9.17, 15) is 4.79 Å². The van der Waals surface area contributed by atoms with E-state index in [4.69, 9.17) is 14.0 Å². The Morgan fingerprint density at radius 1 is 1.10 bits per heavy atom. The quantitative estimate of drug-likeness (QED) is 0.314. The van der Waals surface area contributed by atoms with Gasteiger partial charge in [-0.15, -0.1) is 0 Å². The zero-order valence-corrected chi connectivity index (χ0v) is 18.8. The van der Waals surface area contributed by atoms with Gasteiger partial charge in [-0.3, -0.25) is 4.79 Å². The third kappa shape index (κ3) is 5.24. The first kappa shape index (κ1) is 22.4. The molecule has 0 radical (unpaired) electrons. The largest absolute Gasteiger partial charge is 0.460 e. The van der Waals surface area contributed by atoms with Gasteiger partial charge in [0.1, 0.15) is 6.61 Å². The molecule has 4 nitrogen and oxygen atoms in total. The summed E-state index contributed by atoms with van der Waals surface area (Å²) < 4.78 is 18.0. The van der Waals surface area contributed by atoms with Gasteiger partial charge in [0.2, 0.25) is 0 Å². The van der Waals surface area contributed by atoms with Crippen molar-refractivity contribution < 1.29 is 18.8 Å². The van der Waals surface area contributed by atoms with E-state index < -0.39 is 0 Å². The van der Waals surface area contributed by atoms with Gasteiger partial charge in [0.05, 0.1) is 16.6 Å². The van der Waals surface area contributed by atoms with Crippen LogP contribution >= 0.6 is 0 Å². The van der Waals surface area contributed by atoms with E-state index in [1.165, 1.54) is 0 Å². The van der Waals surface area contributed by atoms with Crippen molar-refractivity contribution in [1.29, 1.82) is 0 Å². The van der Waals surface area contributed by atoms with E-state index in [2.05, 4.69) is 34.6 Å². The van der Waals surface area contributed by atoms with Crippen molar-refractivity contribution in [3.8, 4) is 0 Å². The number of carbonyl (C=O) groups excluding carboxylic acids is 1. The minimum absolute atomic E-state index is 0.0127. The molecule has 1 saturated heterocycles. The molecule has 1 aliphatic heterocycles. The Balaban J connectivity index is 1.49. The Hall–Kier alpha value is -1.33. The SMILES string of the molecule is C[C@H]1CCC(CCCCB2OC(C)(C)C(C)(C)O2)(C(=O)OCc2ccccc2)C1. The second-order valence-electron chi connectivity index (χ2n) is 10.1. The zero-order valence-electron chi connectivity index (χ0n) is 18.8. The van der Waals surface area contributed by atoms with Gasteiger partial charge in [-0.1, -0.05) is 50.1 Å². The molecule has 0 aromatic heterocycles. The molecular formula is C24H37BO4. The van der Waals surface area contributed by atoms with E-state index in [0.29, 0.717) is 12.5 Å². The molecule has 3 rings (SSSR count). The highest BCUT2D eigenvalue weighted by molar-refractivity contribution is 6.45. The third-order valence-corrected chi connectivity index (χ3v) is 7.15. The van der Waals surface area contributed by atoms with Crippen LogP contribution in [0.25, 0.3) is 0 Å². The monoisotopic (exact) mass is 400 g/mol. The summed E-state index contributed by atoms with van der Waals surface area (Å²) in [5, 5.41) is 0. The Kier molecular flexibility index (Phi) is 6.79. The molecular weight excluding hydrogens is 363 g/mol. The lowest BCUT2D eigenvalue weighted by Crippen LogP contribution is -2.41. The highest BCUT2D eigenvalue weighted by Gasteiger charge is 2.50. The van der Waals surface area contributed by atoms with Gasteiger partial charge in [-0.25, -0.2) is 0 Å². The summed E-state index contributed by atoms with van der Waals surface area (Å²) in [4.78, 5) is 13.0. The first-order valence-electron chi connectivity index (χ1n) is 11.2. The molecule has 5 heteroatoms. The minimum atomic E-state index is -0.315. The predicted octanol–water partition coefficient (Wildman–Crippen LogP) is 5.80. The Labute approximate surface area is 176 Å². The van der Waals surface area contributed by atoms with Crippen molar-refractivity contribution in [2.24, 2.45) is 11.3 Å². The van der Waals surface area contributed by atoms with Crippen LogP contribution in [0, 0.1) is 11.3 Å². The van der Waals surface area contributed by atoms with E-state index in [-0.39, 0.29) is 29.7 Å². The molecule has 0 bridgehead atoms. The number of carbonyl (C=O) groups is 1.